The maximum Gasteiger partial charge on any atom is 0.332 e. The molecule has 0 radical (unpaired) electrons. The van der Waals surface area contributed by atoms with Crippen LogP contribution >= 0.6 is 11.3 Å². The number of aliphatic hydroxyl groups is 1. The van der Waals surface area contributed by atoms with Gasteiger partial charge in [-0.05, 0) is 44.0 Å². The molecule has 4 heterocycles. The number of ether oxygens (including phenoxy) is 2. The Bertz CT molecular complexity index is 1630. The lowest BCUT2D eigenvalue weighted by molar-refractivity contribution is -0.119. The molecule has 1 aromatic carbocycles. The van der Waals surface area contributed by atoms with Gasteiger partial charge < -0.3 is 19.9 Å². The molecule has 12 nitrogen and oxygen atoms in total. The van der Waals surface area contributed by atoms with Crippen molar-refractivity contribution in [1.82, 2.24) is 29.4 Å². The first-order valence-electron chi connectivity index (χ1n) is 12.5. The molecular formula is C26H31FN6O6S. The molecule has 4 aromatic rings. The second-order valence-corrected chi connectivity index (χ2v) is 10.5. The number of halogens is 1. The minimum Gasteiger partial charge on any atom is -0.496 e. The summed E-state index contributed by atoms with van der Waals surface area (Å²) < 4.78 is 26.4. The van der Waals surface area contributed by atoms with Crippen molar-refractivity contribution < 1.29 is 23.8 Å². The number of carbonyl (C=O) groups excluding carboxylic acids is 1. The SMILES string of the molecule is COCCO.COc1ccc(F)cc1CCn1c(=O)n(C2(C)CNC(=O)C2)c(=O)c2c(C)c(-n3nccn3)sc21. The maximum atomic E-state index is 13.9. The number of benzene rings is 1. The van der Waals surface area contributed by atoms with Crippen LogP contribution in [0.15, 0.2) is 40.2 Å². The van der Waals surface area contributed by atoms with E-state index >= 15 is 0 Å². The molecule has 14 heteroatoms. The van der Waals surface area contributed by atoms with Gasteiger partial charge in [0.2, 0.25) is 5.91 Å². The van der Waals surface area contributed by atoms with Crippen LogP contribution in [0.1, 0.15) is 24.5 Å². The van der Waals surface area contributed by atoms with Gasteiger partial charge in [0.05, 0.1) is 50.1 Å². The van der Waals surface area contributed by atoms with Gasteiger partial charge in [0.25, 0.3) is 5.56 Å². The Balaban J connectivity index is 0.000000681. The van der Waals surface area contributed by atoms with Gasteiger partial charge in [-0.15, -0.1) is 4.80 Å². The molecule has 40 heavy (non-hydrogen) atoms. The molecule has 0 aliphatic carbocycles. The van der Waals surface area contributed by atoms with E-state index in [1.54, 1.807) is 21.0 Å². The highest BCUT2D eigenvalue weighted by Crippen LogP contribution is 2.32. The lowest BCUT2D eigenvalue weighted by Crippen LogP contribution is -2.51. The zero-order valence-corrected chi connectivity index (χ0v) is 23.5. The normalized spacial score (nSPS) is 16.6. The van der Waals surface area contributed by atoms with Crippen molar-refractivity contribution in [3.63, 3.8) is 0 Å². The molecule has 1 aliphatic heterocycles. The summed E-state index contributed by atoms with van der Waals surface area (Å²) in [6.07, 6.45) is 3.36. The number of carbonyl (C=O) groups is 1. The minimum absolute atomic E-state index is 0.0160. The Hall–Kier alpha value is -3.88. The average molecular weight is 575 g/mol. The molecule has 1 unspecified atom stereocenters. The summed E-state index contributed by atoms with van der Waals surface area (Å²) in [6, 6.07) is 4.22. The fourth-order valence-electron chi connectivity index (χ4n) is 4.70. The predicted molar refractivity (Wildman–Crippen MR) is 147 cm³/mol. The number of aliphatic hydroxyl groups excluding tert-OH is 1. The summed E-state index contributed by atoms with van der Waals surface area (Å²) in [5, 5.41) is 20.0. The standard InChI is InChI=1S/C23H23FN6O4S.C3H8O2/c1-13-18-19(32)29(23(2)11-17(31)25-12-23)22(33)28(21(18)35-20(13)30-26-7-8-27-30)9-6-14-10-15(24)4-5-16(14)34-3;1-5-3-2-4/h4-5,7-8,10H,6,9,11-12H2,1-3H3,(H,25,31);4H,2-3H2,1H3. The van der Waals surface area contributed by atoms with Crippen LogP contribution in [0.25, 0.3) is 15.2 Å². The number of aryl methyl sites for hydroxylation is 3. The Morgan fingerprint density at radius 1 is 1.20 bits per heavy atom. The van der Waals surface area contributed by atoms with Gasteiger partial charge in [-0.25, -0.2) is 9.18 Å². The summed E-state index contributed by atoms with van der Waals surface area (Å²) in [5.74, 6) is -0.130. The third-order valence-corrected chi connectivity index (χ3v) is 7.96. The van der Waals surface area contributed by atoms with E-state index in [4.69, 9.17) is 9.84 Å². The van der Waals surface area contributed by atoms with Gasteiger partial charge >= 0.3 is 5.69 Å². The summed E-state index contributed by atoms with van der Waals surface area (Å²) >= 11 is 1.24. The third kappa shape index (κ3) is 5.55. The van der Waals surface area contributed by atoms with Gasteiger partial charge in [-0.2, -0.15) is 10.2 Å². The molecule has 2 N–H and O–H groups in total. The van der Waals surface area contributed by atoms with Crippen molar-refractivity contribution in [2.24, 2.45) is 0 Å². The predicted octanol–water partition coefficient (Wildman–Crippen LogP) is 1.36. The number of nitrogens with zero attached hydrogens (tertiary/aromatic N) is 5. The monoisotopic (exact) mass is 574 g/mol. The van der Waals surface area contributed by atoms with Gasteiger partial charge in [0.1, 0.15) is 21.4 Å². The molecule has 0 spiro atoms. The Morgan fingerprint density at radius 2 is 1.93 bits per heavy atom. The fraction of sp³-hybridized carbons (Fsp3) is 0.423. The van der Waals surface area contributed by atoms with Crippen LogP contribution in [0.3, 0.4) is 0 Å². The van der Waals surface area contributed by atoms with Gasteiger partial charge in [0.15, 0.2) is 0 Å². The Labute approximate surface area is 232 Å². The quantitative estimate of drug-likeness (QED) is 0.321. The molecule has 1 saturated heterocycles. The number of hydrogen-bond acceptors (Lipinski definition) is 9. The largest absolute Gasteiger partial charge is 0.496 e. The third-order valence-electron chi connectivity index (χ3n) is 6.68. The first-order chi connectivity index (χ1) is 19.1. The van der Waals surface area contributed by atoms with E-state index in [0.717, 1.165) is 0 Å². The first kappa shape index (κ1) is 29.1. The van der Waals surface area contributed by atoms with E-state index in [-0.39, 0.29) is 38.4 Å². The van der Waals surface area contributed by atoms with E-state index in [0.29, 0.717) is 38.7 Å². The van der Waals surface area contributed by atoms with Crippen LogP contribution in [0, 0.1) is 12.7 Å². The zero-order valence-electron chi connectivity index (χ0n) is 22.6. The Kier molecular flexibility index (Phi) is 8.81. The summed E-state index contributed by atoms with van der Waals surface area (Å²) in [4.78, 5) is 41.4. The van der Waals surface area contributed by atoms with E-state index in [1.807, 2.05) is 0 Å². The second-order valence-electron chi connectivity index (χ2n) is 9.48. The van der Waals surface area contributed by atoms with Crippen LogP contribution in [0.4, 0.5) is 4.39 Å². The number of nitrogens with one attached hydrogen (secondary N) is 1. The van der Waals surface area contributed by atoms with E-state index in [2.05, 4.69) is 20.3 Å². The molecule has 3 aromatic heterocycles. The fourth-order valence-corrected chi connectivity index (χ4v) is 5.94. The van der Waals surface area contributed by atoms with Crippen LogP contribution in [-0.2, 0) is 28.0 Å². The van der Waals surface area contributed by atoms with Gasteiger partial charge in [-0.1, -0.05) is 11.3 Å². The molecule has 0 bridgehead atoms. The van der Waals surface area contributed by atoms with Crippen LogP contribution in [0.5, 0.6) is 5.75 Å². The van der Waals surface area contributed by atoms with E-state index < -0.39 is 22.6 Å². The van der Waals surface area contributed by atoms with E-state index in [1.165, 1.54) is 63.0 Å². The highest BCUT2D eigenvalue weighted by Gasteiger charge is 2.39. The Morgan fingerprint density at radius 3 is 2.50 bits per heavy atom. The number of thiophene rings is 1. The average Bonchev–Trinajstić information content (AvgIpc) is 3.64. The van der Waals surface area contributed by atoms with Crippen LogP contribution in [0.2, 0.25) is 0 Å². The van der Waals surface area contributed by atoms with E-state index in [9.17, 15) is 18.8 Å². The number of methoxy groups -OCH3 is 2. The molecule has 1 aliphatic rings. The minimum atomic E-state index is -1.02. The first-order valence-corrected chi connectivity index (χ1v) is 13.3. The molecule has 1 fully saturated rings. The van der Waals surface area contributed by atoms with Crippen molar-refractivity contribution in [1.29, 1.82) is 0 Å². The maximum absolute atomic E-state index is 13.9. The van der Waals surface area contributed by atoms with Crippen molar-refractivity contribution in [3.05, 3.63) is 68.4 Å². The number of amides is 1. The molecule has 5 rings (SSSR count). The van der Waals surface area contributed by atoms with Gasteiger partial charge in [-0.3, -0.25) is 18.7 Å². The van der Waals surface area contributed by atoms with Crippen molar-refractivity contribution >= 4 is 27.5 Å². The summed E-state index contributed by atoms with van der Waals surface area (Å²) in [7, 11) is 3.05. The molecular weight excluding hydrogens is 543 g/mol. The highest BCUT2D eigenvalue weighted by molar-refractivity contribution is 7.21. The number of hydrogen-bond donors (Lipinski definition) is 2. The number of rotatable bonds is 8. The molecule has 0 saturated carbocycles. The van der Waals surface area contributed by atoms with Crippen molar-refractivity contribution in [2.45, 2.75) is 38.8 Å². The van der Waals surface area contributed by atoms with Crippen molar-refractivity contribution in [3.8, 4) is 10.8 Å². The smallest absolute Gasteiger partial charge is 0.332 e. The van der Waals surface area contributed by atoms with Gasteiger partial charge in [0, 0.05) is 25.8 Å². The summed E-state index contributed by atoms with van der Waals surface area (Å²) in [6.45, 7) is 4.40. The zero-order chi connectivity index (χ0) is 29.0. The second kappa shape index (κ2) is 12.1. The lowest BCUT2D eigenvalue weighted by atomic mass is 10.0. The lowest BCUT2D eigenvalue weighted by Gasteiger charge is -2.25. The number of fused-ring (bicyclic) bond motifs is 1. The molecule has 1 atom stereocenters. The molecule has 1 amide bonds. The van der Waals surface area contributed by atoms with Crippen LogP contribution < -0.4 is 21.3 Å². The summed E-state index contributed by atoms with van der Waals surface area (Å²) in [5.41, 5.74) is -0.779. The molecule has 214 valence electrons. The number of aromatic nitrogens is 5. The van der Waals surface area contributed by atoms with Crippen molar-refractivity contribution in [2.75, 3.05) is 34.0 Å². The topological polar surface area (TPSA) is 142 Å². The highest BCUT2D eigenvalue weighted by atomic mass is 32.1. The van der Waals surface area contributed by atoms with Crippen LogP contribution in [-0.4, -0.2) is 69.1 Å².